The van der Waals surface area contributed by atoms with E-state index in [-0.39, 0.29) is 46.2 Å². The van der Waals surface area contributed by atoms with E-state index in [2.05, 4.69) is 0 Å². The monoisotopic (exact) mass is 556 g/mol. The first-order valence-electron chi connectivity index (χ1n) is 12.4. The van der Waals surface area contributed by atoms with Crippen LogP contribution in [-0.2, 0) is 19.4 Å². The van der Waals surface area contributed by atoms with Gasteiger partial charge in [0.15, 0.2) is 15.6 Å². The molecule has 3 aromatic rings. The van der Waals surface area contributed by atoms with E-state index in [0.717, 1.165) is 4.90 Å². The fraction of sp³-hybridized carbons (Fsp3) is 0.200. The molecule has 10 heteroatoms. The Morgan fingerprint density at radius 3 is 2.27 bits per heavy atom. The number of ketones is 1. The van der Waals surface area contributed by atoms with Crippen LogP contribution in [0.25, 0.3) is 23.0 Å². The van der Waals surface area contributed by atoms with Crippen molar-refractivity contribution in [3.63, 3.8) is 0 Å². The van der Waals surface area contributed by atoms with Crippen molar-refractivity contribution >= 4 is 39.1 Å². The lowest BCUT2D eigenvalue weighted by Crippen LogP contribution is -2.49. The molecule has 0 N–H and O–H groups in total. The number of rotatable bonds is 6. The highest BCUT2D eigenvalue weighted by molar-refractivity contribution is 7.91. The van der Waals surface area contributed by atoms with E-state index in [9.17, 15) is 28.1 Å². The molecule has 2 aliphatic rings. The Hall–Kier alpha value is -4.75. The van der Waals surface area contributed by atoms with Crippen LogP contribution in [0.3, 0.4) is 0 Å². The third kappa shape index (κ3) is 4.99. The van der Waals surface area contributed by atoms with Gasteiger partial charge in [0, 0.05) is 16.7 Å². The summed E-state index contributed by atoms with van der Waals surface area (Å²) < 4.78 is 35.6. The second-order valence-corrected chi connectivity index (χ2v) is 11.7. The summed E-state index contributed by atoms with van der Waals surface area (Å²) in [5, 5.41) is 10.1. The minimum absolute atomic E-state index is 0.0263. The Morgan fingerprint density at radius 2 is 1.70 bits per heavy atom. The molecule has 3 heterocycles. The number of imide groups is 1. The summed E-state index contributed by atoms with van der Waals surface area (Å²) >= 11 is 0. The number of amides is 2. The van der Waals surface area contributed by atoms with Crippen LogP contribution in [0.4, 0.5) is 0 Å². The lowest BCUT2D eigenvalue weighted by atomic mass is 9.87. The Kier molecular flexibility index (Phi) is 7.00. The van der Waals surface area contributed by atoms with Gasteiger partial charge in [0.2, 0.25) is 0 Å². The number of methoxy groups -OCH3 is 1. The maximum absolute atomic E-state index is 13.9. The first-order chi connectivity index (χ1) is 19.1. The van der Waals surface area contributed by atoms with Gasteiger partial charge >= 0.3 is 0 Å². The van der Waals surface area contributed by atoms with Gasteiger partial charge in [0.05, 0.1) is 30.2 Å². The third-order valence-electron chi connectivity index (χ3n) is 6.95. The molecule has 1 fully saturated rings. The molecule has 0 aliphatic carbocycles. The summed E-state index contributed by atoms with van der Waals surface area (Å²) in [6, 6.07) is 17.9. The van der Waals surface area contributed by atoms with Crippen molar-refractivity contribution in [1.29, 1.82) is 5.26 Å². The first-order valence-corrected chi connectivity index (χ1v) is 14.2. The maximum atomic E-state index is 13.9. The van der Waals surface area contributed by atoms with Gasteiger partial charge in [-0.3, -0.25) is 19.3 Å². The minimum atomic E-state index is -3.42. The number of sulfone groups is 1. The first kappa shape index (κ1) is 26.8. The molecule has 1 saturated heterocycles. The van der Waals surface area contributed by atoms with Gasteiger partial charge in [-0.1, -0.05) is 36.4 Å². The number of benzene rings is 2. The van der Waals surface area contributed by atoms with Crippen LogP contribution < -0.4 is 4.74 Å². The number of nitrogens with zero attached hydrogens (tertiary/aromatic N) is 2. The number of ether oxygens (including phenoxy) is 1. The lowest BCUT2D eigenvalue weighted by molar-refractivity contribution is -0.142. The number of hydrogen-bond acceptors (Lipinski definition) is 8. The van der Waals surface area contributed by atoms with Gasteiger partial charge in [-0.05, 0) is 49.2 Å². The van der Waals surface area contributed by atoms with Crippen LogP contribution in [0.5, 0.6) is 5.75 Å². The summed E-state index contributed by atoms with van der Waals surface area (Å²) in [5.74, 6) is -0.784. The largest absolute Gasteiger partial charge is 0.497 e. The number of furan rings is 1. The third-order valence-corrected chi connectivity index (χ3v) is 8.70. The van der Waals surface area contributed by atoms with Crippen molar-refractivity contribution in [3.8, 4) is 23.1 Å². The van der Waals surface area contributed by atoms with Crippen LogP contribution in [0.1, 0.15) is 35.0 Å². The Labute approximate surface area is 230 Å². The van der Waals surface area contributed by atoms with E-state index in [1.54, 1.807) is 60.7 Å². The standard InChI is InChI=1S/C30H24N2O7S/c1-18(33)19-3-5-20(6-4-19)27-12-11-24(39-27)15-25-28(21-7-9-23(38-2)10-8-21)26(16-31)30(35)32(29(25)34)22-13-14-40(36,37)17-22/h3-12,15,22H,13-14,17H2,1-2H3/b25-15-. The molecule has 0 spiro atoms. The predicted molar refractivity (Wildman–Crippen MR) is 147 cm³/mol. The number of carbonyl (C=O) groups excluding carboxylic acids is 3. The van der Waals surface area contributed by atoms with Crippen molar-refractivity contribution in [2.24, 2.45) is 0 Å². The average molecular weight is 557 g/mol. The second kappa shape index (κ2) is 10.4. The quantitative estimate of drug-likeness (QED) is 0.252. The van der Waals surface area contributed by atoms with Gasteiger partial charge in [0.25, 0.3) is 11.8 Å². The van der Waals surface area contributed by atoms with Crippen LogP contribution in [0.2, 0.25) is 0 Å². The molecule has 1 atom stereocenters. The van der Waals surface area contributed by atoms with Crippen LogP contribution in [0, 0.1) is 11.3 Å². The minimum Gasteiger partial charge on any atom is -0.497 e. The number of hydrogen-bond donors (Lipinski definition) is 0. The Balaban J connectivity index is 1.62. The summed E-state index contributed by atoms with van der Waals surface area (Å²) in [6.45, 7) is 1.48. The molecule has 9 nitrogen and oxygen atoms in total. The number of nitriles is 1. The molecule has 2 aliphatic heterocycles. The van der Waals surface area contributed by atoms with Crippen LogP contribution in [0.15, 0.2) is 76.2 Å². The Morgan fingerprint density at radius 1 is 1.02 bits per heavy atom. The molecule has 202 valence electrons. The Bertz CT molecular complexity index is 1740. The molecule has 0 radical (unpaired) electrons. The van der Waals surface area contributed by atoms with Crippen molar-refractivity contribution in [2.45, 2.75) is 19.4 Å². The fourth-order valence-electron chi connectivity index (χ4n) is 4.89. The van der Waals surface area contributed by atoms with E-state index in [4.69, 9.17) is 9.15 Å². The van der Waals surface area contributed by atoms with Crippen molar-refractivity contribution in [3.05, 3.63) is 88.7 Å². The van der Waals surface area contributed by atoms with Crippen molar-refractivity contribution < 1.29 is 32.0 Å². The molecule has 2 aromatic carbocycles. The topological polar surface area (TPSA) is 135 Å². The normalized spacial score (nSPS) is 19.7. The molecule has 1 aromatic heterocycles. The van der Waals surface area contributed by atoms with Crippen molar-refractivity contribution in [2.75, 3.05) is 18.6 Å². The molecule has 1 unspecified atom stereocenters. The highest BCUT2D eigenvalue weighted by atomic mass is 32.2. The van der Waals surface area contributed by atoms with Gasteiger partial charge in [-0.15, -0.1) is 0 Å². The number of Topliss-reactive ketones (excluding diaryl/α,β-unsaturated/α-hetero) is 1. The summed E-state index contributed by atoms with van der Waals surface area (Å²) in [6.07, 6.45) is 1.56. The summed E-state index contributed by atoms with van der Waals surface area (Å²) in [4.78, 5) is 39.9. The highest BCUT2D eigenvalue weighted by Crippen LogP contribution is 2.38. The zero-order valence-electron chi connectivity index (χ0n) is 21.7. The molecule has 2 amide bonds. The molecule has 40 heavy (non-hydrogen) atoms. The fourth-order valence-corrected chi connectivity index (χ4v) is 6.59. The SMILES string of the molecule is COc1ccc(C2=C(C#N)C(=O)N(C3CCS(=O)(=O)C3)C(=O)/C2=C\c2ccc(-c3ccc(C(C)=O)cc3)o2)cc1. The average Bonchev–Trinajstić information content (AvgIpc) is 3.56. The van der Waals surface area contributed by atoms with Crippen LogP contribution in [-0.4, -0.2) is 55.6 Å². The molecular formula is C30H24N2O7S. The predicted octanol–water partition coefficient (Wildman–Crippen LogP) is 4.07. The van der Waals surface area contributed by atoms with E-state index >= 15 is 0 Å². The van der Waals surface area contributed by atoms with E-state index in [1.807, 2.05) is 6.07 Å². The van der Waals surface area contributed by atoms with E-state index in [0.29, 0.717) is 28.2 Å². The lowest BCUT2D eigenvalue weighted by Gasteiger charge is -2.32. The van der Waals surface area contributed by atoms with Gasteiger partial charge in [-0.2, -0.15) is 5.26 Å². The zero-order chi connectivity index (χ0) is 28.6. The highest BCUT2D eigenvalue weighted by Gasteiger charge is 2.45. The summed E-state index contributed by atoms with van der Waals surface area (Å²) in [5.41, 5.74) is 1.59. The van der Waals surface area contributed by atoms with Gasteiger partial charge in [0.1, 0.15) is 28.9 Å². The zero-order valence-corrected chi connectivity index (χ0v) is 22.5. The van der Waals surface area contributed by atoms with E-state index in [1.165, 1.54) is 20.1 Å². The number of carbonyl (C=O) groups is 3. The van der Waals surface area contributed by atoms with Crippen LogP contribution >= 0.6 is 0 Å². The maximum Gasteiger partial charge on any atom is 0.272 e. The second-order valence-electron chi connectivity index (χ2n) is 9.52. The van der Waals surface area contributed by atoms with Crippen molar-refractivity contribution in [1.82, 2.24) is 4.90 Å². The van der Waals surface area contributed by atoms with Gasteiger partial charge in [-0.25, -0.2) is 8.42 Å². The molecule has 0 saturated carbocycles. The van der Waals surface area contributed by atoms with Gasteiger partial charge < -0.3 is 9.15 Å². The summed E-state index contributed by atoms with van der Waals surface area (Å²) in [7, 11) is -1.92. The molecule has 0 bridgehead atoms. The smallest absolute Gasteiger partial charge is 0.272 e. The van der Waals surface area contributed by atoms with E-state index < -0.39 is 27.7 Å². The molecule has 5 rings (SSSR count). The molecular weight excluding hydrogens is 532 g/mol.